The average molecular weight is 428 g/mol. The number of furan rings is 2. The van der Waals surface area contributed by atoms with Crippen LogP contribution in [0.15, 0.2) is 81.6 Å². The van der Waals surface area contributed by atoms with Crippen molar-refractivity contribution in [3.05, 3.63) is 95.4 Å². The van der Waals surface area contributed by atoms with Crippen LogP contribution in [0.5, 0.6) is 0 Å². The molecule has 2 N–H and O–H groups in total. The number of hydrogen-bond donors (Lipinski definition) is 2. The quantitative estimate of drug-likeness (QED) is 0.407. The van der Waals surface area contributed by atoms with Gasteiger partial charge in [-0.15, -0.1) is 0 Å². The highest BCUT2D eigenvalue weighted by molar-refractivity contribution is 6.01. The minimum Gasteiger partial charge on any atom is -0.461 e. The lowest BCUT2D eigenvalue weighted by molar-refractivity contribution is 0.0927. The van der Waals surface area contributed by atoms with Crippen molar-refractivity contribution < 1.29 is 18.4 Å². The topological polar surface area (TPSA) is 84.5 Å². The average Bonchev–Trinajstić information content (AvgIpc) is 3.40. The Hall–Kier alpha value is -4.06. The number of carbonyl (C=O) groups excluding carboxylic acids is 2. The molecule has 0 saturated heterocycles. The molecule has 0 aliphatic carbocycles. The molecule has 32 heavy (non-hydrogen) atoms. The minimum atomic E-state index is -0.251. The minimum absolute atomic E-state index is 0.251. The van der Waals surface area contributed by atoms with Crippen molar-refractivity contribution in [3.63, 3.8) is 0 Å². The number of amides is 2. The maximum absolute atomic E-state index is 12.7. The molecule has 0 aliphatic rings. The van der Waals surface area contributed by atoms with Crippen LogP contribution in [0.3, 0.4) is 0 Å². The van der Waals surface area contributed by atoms with E-state index in [0.717, 1.165) is 11.1 Å². The first-order chi connectivity index (χ1) is 15.5. The van der Waals surface area contributed by atoms with Crippen molar-refractivity contribution >= 4 is 11.8 Å². The monoisotopic (exact) mass is 428 g/mol. The van der Waals surface area contributed by atoms with Crippen LogP contribution in [0.1, 0.15) is 32.2 Å². The molecule has 6 nitrogen and oxygen atoms in total. The van der Waals surface area contributed by atoms with Crippen molar-refractivity contribution in [2.75, 3.05) is 13.1 Å². The molecule has 0 saturated carbocycles. The lowest BCUT2D eigenvalue weighted by Crippen LogP contribution is -2.34. The van der Waals surface area contributed by atoms with Gasteiger partial charge < -0.3 is 19.5 Å². The molecule has 0 radical (unpaired) electrons. The van der Waals surface area contributed by atoms with Gasteiger partial charge in [-0.1, -0.05) is 60.7 Å². The standard InChI is InChI=1S/C26H24N2O4/c1-17-15-21(23(31-17)19-9-5-3-6-10-19)25(29)27-13-14-28-26(30)22-16-18(2)32-24(22)20-11-7-4-8-12-20/h3-12,15-16H,13-14H2,1-2H3,(H,27,29)(H,28,30). The zero-order valence-corrected chi connectivity index (χ0v) is 18.0. The summed E-state index contributed by atoms with van der Waals surface area (Å²) in [5.41, 5.74) is 2.61. The van der Waals surface area contributed by atoms with Crippen molar-refractivity contribution in [3.8, 4) is 22.6 Å². The highest BCUT2D eigenvalue weighted by atomic mass is 16.3. The van der Waals surface area contributed by atoms with Gasteiger partial charge in [0.1, 0.15) is 23.0 Å². The molecule has 0 aliphatic heterocycles. The Kier molecular flexibility index (Phi) is 6.22. The third kappa shape index (κ3) is 4.64. The van der Waals surface area contributed by atoms with Crippen molar-refractivity contribution in [1.82, 2.24) is 10.6 Å². The molecule has 162 valence electrons. The van der Waals surface area contributed by atoms with Gasteiger partial charge in [0.25, 0.3) is 11.8 Å². The summed E-state index contributed by atoms with van der Waals surface area (Å²) in [7, 11) is 0. The molecule has 4 rings (SSSR count). The zero-order valence-electron chi connectivity index (χ0n) is 18.0. The molecule has 0 fully saturated rings. The van der Waals surface area contributed by atoms with E-state index < -0.39 is 0 Å². The first-order valence-electron chi connectivity index (χ1n) is 10.4. The number of carbonyl (C=O) groups is 2. The Balaban J connectivity index is 1.37. The largest absolute Gasteiger partial charge is 0.461 e. The number of benzene rings is 2. The van der Waals surface area contributed by atoms with Crippen LogP contribution in [-0.4, -0.2) is 24.9 Å². The molecule has 2 aromatic heterocycles. The predicted octanol–water partition coefficient (Wildman–Crippen LogP) is 4.98. The van der Waals surface area contributed by atoms with Gasteiger partial charge in [0.15, 0.2) is 0 Å². The van der Waals surface area contributed by atoms with Crippen LogP contribution in [0.4, 0.5) is 0 Å². The number of aryl methyl sites for hydroxylation is 2. The summed E-state index contributed by atoms with van der Waals surface area (Å²) < 4.78 is 11.5. The fraction of sp³-hybridized carbons (Fsp3) is 0.154. The van der Waals surface area contributed by atoms with E-state index in [1.807, 2.05) is 60.7 Å². The third-order valence-corrected chi connectivity index (χ3v) is 4.97. The van der Waals surface area contributed by atoms with Gasteiger partial charge >= 0.3 is 0 Å². The summed E-state index contributed by atoms with van der Waals surface area (Å²) in [6.07, 6.45) is 0. The van der Waals surface area contributed by atoms with Gasteiger partial charge in [0, 0.05) is 24.2 Å². The highest BCUT2D eigenvalue weighted by Gasteiger charge is 2.19. The lowest BCUT2D eigenvalue weighted by Gasteiger charge is -2.08. The number of nitrogens with one attached hydrogen (secondary N) is 2. The molecule has 0 bridgehead atoms. The van der Waals surface area contributed by atoms with Crippen molar-refractivity contribution in [2.45, 2.75) is 13.8 Å². The fourth-order valence-corrected chi connectivity index (χ4v) is 3.52. The fourth-order valence-electron chi connectivity index (χ4n) is 3.52. The molecular weight excluding hydrogens is 404 g/mol. The smallest absolute Gasteiger partial charge is 0.255 e. The summed E-state index contributed by atoms with van der Waals surface area (Å²) in [5, 5.41) is 5.69. The Morgan fingerprint density at radius 2 is 1.03 bits per heavy atom. The second-order valence-electron chi connectivity index (χ2n) is 7.44. The van der Waals surface area contributed by atoms with Crippen LogP contribution >= 0.6 is 0 Å². The molecule has 0 atom stereocenters. The molecule has 2 amide bonds. The van der Waals surface area contributed by atoms with E-state index in [9.17, 15) is 9.59 Å². The maximum atomic E-state index is 12.7. The molecule has 4 aromatic rings. The van der Waals surface area contributed by atoms with Crippen LogP contribution in [0, 0.1) is 13.8 Å². The lowest BCUT2D eigenvalue weighted by atomic mass is 10.1. The van der Waals surface area contributed by atoms with Gasteiger partial charge in [0.05, 0.1) is 11.1 Å². The van der Waals surface area contributed by atoms with Crippen LogP contribution in [0.25, 0.3) is 22.6 Å². The zero-order chi connectivity index (χ0) is 22.5. The maximum Gasteiger partial charge on any atom is 0.255 e. The van der Waals surface area contributed by atoms with E-state index >= 15 is 0 Å². The van der Waals surface area contributed by atoms with Crippen molar-refractivity contribution in [2.24, 2.45) is 0 Å². The molecule has 0 spiro atoms. The number of hydrogen-bond acceptors (Lipinski definition) is 4. The van der Waals surface area contributed by atoms with Gasteiger partial charge in [-0.3, -0.25) is 9.59 Å². The second-order valence-corrected chi connectivity index (χ2v) is 7.44. The van der Waals surface area contributed by atoms with Crippen LogP contribution < -0.4 is 10.6 Å². The normalized spacial score (nSPS) is 10.7. The van der Waals surface area contributed by atoms with Gasteiger partial charge in [-0.2, -0.15) is 0 Å². The molecule has 6 heteroatoms. The summed E-state index contributed by atoms with van der Waals surface area (Å²) in [6.45, 7) is 4.17. The third-order valence-electron chi connectivity index (χ3n) is 4.97. The summed E-state index contributed by atoms with van der Waals surface area (Å²) in [6, 6.07) is 22.4. The van der Waals surface area contributed by atoms with Gasteiger partial charge in [0.2, 0.25) is 0 Å². The molecule has 2 aromatic carbocycles. The summed E-state index contributed by atoms with van der Waals surface area (Å²) in [5.74, 6) is 1.88. The van der Waals surface area contributed by atoms with E-state index in [-0.39, 0.29) is 24.9 Å². The Morgan fingerprint density at radius 3 is 1.41 bits per heavy atom. The van der Waals surface area contributed by atoms with Crippen LogP contribution in [0.2, 0.25) is 0 Å². The summed E-state index contributed by atoms with van der Waals surface area (Å²) in [4.78, 5) is 25.4. The molecular formula is C26H24N2O4. The summed E-state index contributed by atoms with van der Waals surface area (Å²) >= 11 is 0. The SMILES string of the molecule is Cc1cc(C(=O)NCCNC(=O)c2cc(C)oc2-c2ccccc2)c(-c2ccccc2)o1. The Bertz CT molecular complexity index is 1130. The second kappa shape index (κ2) is 9.39. The Labute approximate surface area is 186 Å². The van der Waals surface area contributed by atoms with Crippen molar-refractivity contribution in [1.29, 1.82) is 0 Å². The van der Waals surface area contributed by atoms with E-state index in [2.05, 4.69) is 10.6 Å². The van der Waals surface area contributed by atoms with Gasteiger partial charge in [-0.25, -0.2) is 0 Å². The van der Waals surface area contributed by atoms with Gasteiger partial charge in [-0.05, 0) is 26.0 Å². The highest BCUT2D eigenvalue weighted by Crippen LogP contribution is 2.28. The predicted molar refractivity (Wildman–Crippen MR) is 122 cm³/mol. The molecule has 0 unspecified atom stereocenters. The van der Waals surface area contributed by atoms with E-state index in [1.165, 1.54) is 0 Å². The number of rotatable bonds is 7. The first kappa shape index (κ1) is 21.2. The Morgan fingerprint density at radius 1 is 0.656 bits per heavy atom. The van der Waals surface area contributed by atoms with E-state index in [0.29, 0.717) is 34.2 Å². The molecule has 2 heterocycles. The van der Waals surface area contributed by atoms with E-state index in [4.69, 9.17) is 8.83 Å². The van der Waals surface area contributed by atoms with Crippen LogP contribution in [-0.2, 0) is 0 Å². The first-order valence-corrected chi connectivity index (χ1v) is 10.4. The van der Waals surface area contributed by atoms with E-state index in [1.54, 1.807) is 26.0 Å².